The van der Waals surface area contributed by atoms with Gasteiger partial charge in [-0.1, -0.05) is 72.3 Å². The molecule has 4 aromatic rings. The third kappa shape index (κ3) is 6.83. The molecule has 0 bridgehead atoms. The predicted octanol–water partition coefficient (Wildman–Crippen LogP) is 8.50. The Bertz CT molecular complexity index is 1920. The fourth-order valence-corrected chi connectivity index (χ4v) is 8.64. The van der Waals surface area contributed by atoms with E-state index in [1.165, 1.54) is 30.7 Å². The maximum atomic E-state index is 14.7. The van der Waals surface area contributed by atoms with Gasteiger partial charge in [-0.3, -0.25) is 0 Å². The summed E-state index contributed by atoms with van der Waals surface area (Å²) < 4.78 is 43.8. The highest BCUT2D eigenvalue weighted by molar-refractivity contribution is 7.85. The fourth-order valence-electron chi connectivity index (χ4n) is 6.50. The van der Waals surface area contributed by atoms with Crippen LogP contribution in [0.2, 0.25) is 10.0 Å². The first kappa shape index (κ1) is 33.2. The lowest BCUT2D eigenvalue weighted by Crippen LogP contribution is -2.57. The number of fused-ring (bicyclic) bond motifs is 1. The number of aromatic nitrogens is 2. The van der Waals surface area contributed by atoms with Gasteiger partial charge in [-0.05, 0) is 90.8 Å². The number of nitrogens with one attached hydrogen (secondary N) is 1. The molecule has 47 heavy (non-hydrogen) atoms. The van der Waals surface area contributed by atoms with Gasteiger partial charge in [0, 0.05) is 16.6 Å². The Morgan fingerprint density at radius 2 is 1.74 bits per heavy atom. The van der Waals surface area contributed by atoms with E-state index in [9.17, 15) is 17.6 Å². The molecule has 1 fully saturated rings. The summed E-state index contributed by atoms with van der Waals surface area (Å²) in [6, 6.07) is 17.1. The molecule has 246 valence electrons. The van der Waals surface area contributed by atoms with Crippen LogP contribution in [0.5, 0.6) is 0 Å². The van der Waals surface area contributed by atoms with Gasteiger partial charge < -0.3 is 5.32 Å². The molecule has 2 aliphatic rings. The minimum absolute atomic E-state index is 0.00829. The van der Waals surface area contributed by atoms with Crippen molar-refractivity contribution in [3.05, 3.63) is 111 Å². The summed E-state index contributed by atoms with van der Waals surface area (Å²) in [6.45, 7) is 3.32. The SMILES string of the molecule is Cc1ccc(S(=O)(=O)[N+]2(OC(=O)N[C@H](C)C3CCCCC3)C/C(=C\c3ccc(F)cc3)c3c(cnn3-c3ccc(Cl)cc3Cl)C2)cc1. The minimum atomic E-state index is -4.37. The quantitative estimate of drug-likeness (QED) is 0.196. The first-order valence-corrected chi connectivity index (χ1v) is 17.8. The molecule has 6 rings (SSSR count). The highest BCUT2D eigenvalue weighted by Crippen LogP contribution is 2.41. The summed E-state index contributed by atoms with van der Waals surface area (Å²) in [6.07, 6.45) is 7.82. The Balaban J connectivity index is 1.49. The number of nitrogens with zero attached hydrogens (tertiary/aromatic N) is 3. The molecule has 0 radical (unpaired) electrons. The van der Waals surface area contributed by atoms with Crippen LogP contribution in [0.25, 0.3) is 17.3 Å². The second-order valence-electron chi connectivity index (χ2n) is 12.4. The van der Waals surface area contributed by atoms with Crippen molar-refractivity contribution in [2.75, 3.05) is 6.54 Å². The van der Waals surface area contributed by atoms with Gasteiger partial charge >= 0.3 is 16.1 Å². The maximum absolute atomic E-state index is 14.7. The van der Waals surface area contributed by atoms with Gasteiger partial charge in [-0.2, -0.15) is 13.5 Å². The number of halogens is 3. The van der Waals surface area contributed by atoms with Crippen molar-refractivity contribution < 1.29 is 26.5 Å². The van der Waals surface area contributed by atoms with Crippen LogP contribution >= 0.6 is 23.2 Å². The summed E-state index contributed by atoms with van der Waals surface area (Å²) in [5.74, 6) is -0.128. The van der Waals surface area contributed by atoms with E-state index >= 15 is 0 Å². The Hall–Kier alpha value is -3.70. The standard InChI is InChI=1S/C35H35Cl2FN4O4S/c1-23-8-15-31(16-9-23)47(44,45)42(46-35(43)40-24(2)26-6-4-3-5-7-26)21-27(18-25-10-13-30(38)14-11-25)34-28(22-42)20-39-41(34)33-17-12-29(36)19-32(33)37/h8-20,24,26H,3-7,21-22H2,1-2H3/p+1/b27-18+/t24-,42?/m1/s1. The van der Waals surface area contributed by atoms with E-state index in [0.29, 0.717) is 38.1 Å². The molecule has 1 amide bonds. The fraction of sp³-hybridized carbons (Fsp3) is 0.314. The second kappa shape index (κ2) is 13.4. The van der Waals surface area contributed by atoms with E-state index in [0.717, 1.165) is 31.2 Å². The van der Waals surface area contributed by atoms with Crippen molar-refractivity contribution in [3.8, 4) is 5.69 Å². The predicted molar refractivity (Wildman–Crippen MR) is 181 cm³/mol. The van der Waals surface area contributed by atoms with Crippen molar-refractivity contribution in [1.29, 1.82) is 0 Å². The van der Waals surface area contributed by atoms with E-state index in [1.807, 2.05) is 13.8 Å². The molecule has 1 N–H and O–H groups in total. The van der Waals surface area contributed by atoms with Crippen LogP contribution in [0.1, 0.15) is 61.4 Å². The average Bonchev–Trinajstić information content (AvgIpc) is 3.46. The van der Waals surface area contributed by atoms with E-state index in [-0.39, 0.29) is 29.9 Å². The molecular formula is C35H36Cl2FN4O4S+. The monoisotopic (exact) mass is 697 g/mol. The molecule has 0 saturated heterocycles. The molecule has 1 saturated carbocycles. The van der Waals surface area contributed by atoms with Crippen molar-refractivity contribution in [1.82, 2.24) is 15.1 Å². The third-order valence-corrected chi connectivity index (χ3v) is 11.6. The lowest BCUT2D eigenvalue weighted by Gasteiger charge is -2.37. The summed E-state index contributed by atoms with van der Waals surface area (Å²) >= 11 is 12.8. The first-order chi connectivity index (χ1) is 22.5. The lowest BCUT2D eigenvalue weighted by atomic mass is 9.85. The number of sulfonamides is 1. The smallest absolute Gasteiger partial charge is 0.314 e. The number of rotatable bonds is 7. The molecule has 1 aliphatic heterocycles. The van der Waals surface area contributed by atoms with E-state index in [1.54, 1.807) is 59.4 Å². The van der Waals surface area contributed by atoms with Gasteiger partial charge in [0.1, 0.15) is 10.7 Å². The van der Waals surface area contributed by atoms with Crippen molar-refractivity contribution >= 4 is 51.0 Å². The van der Waals surface area contributed by atoms with E-state index in [2.05, 4.69) is 10.4 Å². The van der Waals surface area contributed by atoms with Crippen LogP contribution in [-0.2, 0) is 21.4 Å². The van der Waals surface area contributed by atoms with Crippen molar-refractivity contribution in [3.63, 3.8) is 0 Å². The van der Waals surface area contributed by atoms with Crippen LogP contribution in [0.4, 0.5) is 9.18 Å². The van der Waals surface area contributed by atoms with E-state index in [4.69, 9.17) is 28.0 Å². The van der Waals surface area contributed by atoms with Gasteiger partial charge in [0.2, 0.25) is 0 Å². The molecule has 12 heteroatoms. The number of quaternary nitrogens is 1. The molecule has 3 aromatic carbocycles. The van der Waals surface area contributed by atoms with Gasteiger partial charge in [-0.25, -0.2) is 18.7 Å². The normalized spacial score (nSPS) is 20.1. The lowest BCUT2D eigenvalue weighted by molar-refractivity contribution is -0.993. The minimum Gasteiger partial charge on any atom is -0.314 e. The van der Waals surface area contributed by atoms with E-state index < -0.39 is 26.0 Å². The summed E-state index contributed by atoms with van der Waals surface area (Å²) in [5.41, 5.74) is 3.62. The summed E-state index contributed by atoms with van der Waals surface area (Å²) in [7, 11) is -4.37. The largest absolute Gasteiger partial charge is 0.463 e. The molecule has 2 atom stereocenters. The highest BCUT2D eigenvalue weighted by atomic mass is 35.5. The van der Waals surface area contributed by atoms with Crippen molar-refractivity contribution in [2.24, 2.45) is 5.92 Å². The number of aryl methyl sites for hydroxylation is 1. The summed E-state index contributed by atoms with van der Waals surface area (Å²) in [5, 5.41) is 8.34. The first-order valence-electron chi connectivity index (χ1n) is 15.6. The second-order valence-corrected chi connectivity index (χ2v) is 15.3. The number of carbonyl (C=O) groups is 1. The molecular weight excluding hydrogens is 662 g/mol. The van der Waals surface area contributed by atoms with Gasteiger partial charge in [0.05, 0.1) is 28.2 Å². The summed E-state index contributed by atoms with van der Waals surface area (Å²) in [4.78, 5) is 19.8. The number of hydrogen-bond donors (Lipinski definition) is 1. The number of amides is 1. The van der Waals surface area contributed by atoms with Crippen LogP contribution in [0, 0.1) is 18.7 Å². The van der Waals surface area contributed by atoms with Crippen LogP contribution < -0.4 is 5.32 Å². The number of hydrogen-bond acceptors (Lipinski definition) is 5. The number of benzene rings is 3. The molecule has 2 heterocycles. The molecule has 1 aliphatic carbocycles. The zero-order chi connectivity index (χ0) is 33.3. The Morgan fingerprint density at radius 1 is 1.04 bits per heavy atom. The van der Waals surface area contributed by atoms with Gasteiger partial charge in [0.15, 0.2) is 13.1 Å². The Morgan fingerprint density at radius 3 is 2.43 bits per heavy atom. The average molecular weight is 699 g/mol. The van der Waals surface area contributed by atoms with Crippen molar-refractivity contribution in [2.45, 2.75) is 63.4 Å². The number of hydroxylamine groups is 2. The van der Waals surface area contributed by atoms with Gasteiger partial charge in [0.25, 0.3) is 0 Å². The topological polar surface area (TPSA) is 90.3 Å². The van der Waals surface area contributed by atoms with Crippen LogP contribution in [-0.4, -0.2) is 40.9 Å². The molecule has 1 aromatic heterocycles. The zero-order valence-corrected chi connectivity index (χ0v) is 28.5. The number of carbonyl (C=O) groups excluding carboxylic acids is 1. The maximum Gasteiger partial charge on any atom is 0.463 e. The third-order valence-electron chi connectivity index (χ3n) is 9.03. The molecule has 0 spiro atoms. The van der Waals surface area contributed by atoms with Crippen LogP contribution in [0.3, 0.4) is 0 Å². The Labute approximate surface area is 284 Å². The van der Waals surface area contributed by atoms with Gasteiger partial charge in [-0.15, -0.1) is 0 Å². The molecule has 1 unspecified atom stereocenters. The van der Waals surface area contributed by atoms with Crippen LogP contribution in [0.15, 0.2) is 77.8 Å². The zero-order valence-electron chi connectivity index (χ0n) is 26.1. The highest BCUT2D eigenvalue weighted by Gasteiger charge is 2.53. The molecule has 8 nitrogen and oxygen atoms in total. The Kier molecular flexibility index (Phi) is 9.49.